The Morgan fingerprint density at radius 1 is 1.25 bits per heavy atom. The van der Waals surface area contributed by atoms with Crippen LogP contribution in [0.3, 0.4) is 0 Å². The van der Waals surface area contributed by atoms with Crippen LogP contribution in [0.2, 0.25) is 5.02 Å². The number of benzene rings is 1. The summed E-state index contributed by atoms with van der Waals surface area (Å²) in [4.78, 5) is 27.8. The number of methoxy groups -OCH3 is 1. The highest BCUT2D eigenvalue weighted by Crippen LogP contribution is 2.12. The summed E-state index contributed by atoms with van der Waals surface area (Å²) in [5.74, 6) is -0.368. The molecule has 2 aromatic rings. The zero-order chi connectivity index (χ0) is 17.5. The zero-order valence-corrected chi connectivity index (χ0v) is 14.0. The van der Waals surface area contributed by atoms with Gasteiger partial charge in [0, 0.05) is 17.8 Å². The Labute approximate surface area is 144 Å². The number of rotatable bonds is 6. The van der Waals surface area contributed by atoms with Crippen molar-refractivity contribution in [3.63, 3.8) is 0 Å². The van der Waals surface area contributed by atoms with Crippen LogP contribution < -0.4 is 10.1 Å². The molecule has 0 unspecified atom stereocenters. The lowest BCUT2D eigenvalue weighted by Crippen LogP contribution is -2.35. The van der Waals surface area contributed by atoms with Gasteiger partial charge < -0.3 is 14.8 Å². The largest absolute Gasteiger partial charge is 0.497 e. The molecule has 0 radical (unpaired) electrons. The molecule has 1 N–H and O–H groups in total. The molecule has 7 heteroatoms. The molecule has 1 aromatic carbocycles. The first-order valence-corrected chi connectivity index (χ1v) is 7.60. The van der Waals surface area contributed by atoms with Gasteiger partial charge in [-0.25, -0.2) is 9.78 Å². The summed E-state index contributed by atoms with van der Waals surface area (Å²) in [5, 5.41) is 3.07. The van der Waals surface area contributed by atoms with Crippen molar-refractivity contribution in [1.82, 2.24) is 10.3 Å². The molecule has 126 valence electrons. The first kappa shape index (κ1) is 17.7. The molecule has 0 aliphatic heterocycles. The maximum Gasteiger partial charge on any atom is 0.357 e. The van der Waals surface area contributed by atoms with Crippen LogP contribution >= 0.6 is 11.6 Å². The van der Waals surface area contributed by atoms with Crippen LogP contribution in [0.4, 0.5) is 0 Å². The molecule has 0 aliphatic rings. The topological polar surface area (TPSA) is 77.5 Å². The number of amides is 1. The van der Waals surface area contributed by atoms with Crippen molar-refractivity contribution in [3.05, 3.63) is 58.9 Å². The molecule has 1 amide bonds. The molecular weight excluding hydrogens is 332 g/mol. The molecule has 0 spiro atoms. The first-order valence-electron chi connectivity index (χ1n) is 7.23. The number of nitrogens with zero attached hydrogens (tertiary/aromatic N) is 1. The van der Waals surface area contributed by atoms with E-state index in [4.69, 9.17) is 21.1 Å². The van der Waals surface area contributed by atoms with Gasteiger partial charge in [-0.3, -0.25) is 4.79 Å². The second-order valence-electron chi connectivity index (χ2n) is 4.97. The molecule has 1 atom stereocenters. The molecule has 24 heavy (non-hydrogen) atoms. The molecule has 1 aromatic heterocycles. The summed E-state index contributed by atoms with van der Waals surface area (Å²) in [6, 6.07) is 10.2. The highest BCUT2D eigenvalue weighted by Gasteiger charge is 2.19. The molecule has 0 saturated carbocycles. The van der Waals surface area contributed by atoms with Gasteiger partial charge in [0.2, 0.25) is 0 Å². The smallest absolute Gasteiger partial charge is 0.357 e. The minimum atomic E-state index is -0.948. The number of esters is 1. The first-order chi connectivity index (χ1) is 11.5. The van der Waals surface area contributed by atoms with Gasteiger partial charge in [0.05, 0.1) is 7.11 Å². The van der Waals surface area contributed by atoms with E-state index in [9.17, 15) is 9.59 Å². The second-order valence-corrected chi connectivity index (χ2v) is 5.41. The van der Waals surface area contributed by atoms with Crippen LogP contribution in [-0.2, 0) is 16.1 Å². The number of nitrogens with one attached hydrogen (secondary N) is 1. The Morgan fingerprint density at radius 2 is 1.96 bits per heavy atom. The predicted octanol–water partition coefficient (Wildman–Crippen LogP) is 2.61. The fourth-order valence-corrected chi connectivity index (χ4v) is 2.03. The number of carbonyl (C=O) groups excluding carboxylic acids is 2. The standard InChI is InChI=1S/C17H17ClN2O4/c1-11(24-17(22)15-9-13(18)7-8-19-15)16(21)20-10-12-3-5-14(23-2)6-4-12/h3-9,11H,10H2,1-2H3,(H,20,21)/t11-/m0/s1. The van der Waals surface area contributed by atoms with Crippen LogP contribution in [0.15, 0.2) is 42.6 Å². The molecule has 6 nitrogen and oxygen atoms in total. The lowest BCUT2D eigenvalue weighted by atomic mass is 10.2. The van der Waals surface area contributed by atoms with E-state index in [1.54, 1.807) is 25.3 Å². The van der Waals surface area contributed by atoms with Crippen molar-refractivity contribution in [2.45, 2.75) is 19.6 Å². The van der Waals surface area contributed by atoms with Crippen molar-refractivity contribution in [2.24, 2.45) is 0 Å². The summed E-state index contributed by atoms with van der Waals surface area (Å²) < 4.78 is 10.2. The van der Waals surface area contributed by atoms with E-state index in [-0.39, 0.29) is 5.69 Å². The van der Waals surface area contributed by atoms with Gasteiger partial charge in [-0.2, -0.15) is 0 Å². The monoisotopic (exact) mass is 348 g/mol. The fourth-order valence-electron chi connectivity index (χ4n) is 1.87. The van der Waals surface area contributed by atoms with Gasteiger partial charge in [0.25, 0.3) is 5.91 Å². The Hall–Kier alpha value is -2.60. The number of halogens is 1. The highest BCUT2D eigenvalue weighted by molar-refractivity contribution is 6.30. The average Bonchev–Trinajstić information content (AvgIpc) is 2.60. The predicted molar refractivity (Wildman–Crippen MR) is 89.0 cm³/mol. The molecular formula is C17H17ClN2O4. The zero-order valence-electron chi connectivity index (χ0n) is 13.3. The van der Waals surface area contributed by atoms with Crippen molar-refractivity contribution < 1.29 is 19.1 Å². The van der Waals surface area contributed by atoms with Gasteiger partial charge >= 0.3 is 5.97 Å². The number of carbonyl (C=O) groups is 2. The van der Waals surface area contributed by atoms with Crippen LogP contribution in [0.25, 0.3) is 0 Å². The number of aromatic nitrogens is 1. The summed E-state index contributed by atoms with van der Waals surface area (Å²) in [6.45, 7) is 1.81. The van der Waals surface area contributed by atoms with Gasteiger partial charge in [0.1, 0.15) is 11.4 Å². The SMILES string of the molecule is COc1ccc(CNC(=O)[C@H](C)OC(=O)c2cc(Cl)ccn2)cc1. The van der Waals surface area contributed by atoms with Gasteiger partial charge in [-0.05, 0) is 36.8 Å². The maximum atomic E-state index is 12.0. The van der Waals surface area contributed by atoms with E-state index in [2.05, 4.69) is 10.3 Å². The van der Waals surface area contributed by atoms with E-state index in [0.29, 0.717) is 11.6 Å². The molecule has 0 bridgehead atoms. The van der Waals surface area contributed by atoms with E-state index < -0.39 is 18.0 Å². The lowest BCUT2D eigenvalue weighted by Gasteiger charge is -2.13. The van der Waals surface area contributed by atoms with Crippen LogP contribution in [0.1, 0.15) is 23.0 Å². The third-order valence-electron chi connectivity index (χ3n) is 3.21. The van der Waals surface area contributed by atoms with Gasteiger partial charge in [0.15, 0.2) is 6.10 Å². The van der Waals surface area contributed by atoms with Crippen molar-refractivity contribution >= 4 is 23.5 Å². The molecule has 0 saturated heterocycles. The Kier molecular flexibility index (Phi) is 6.14. The van der Waals surface area contributed by atoms with Crippen LogP contribution in [-0.4, -0.2) is 30.1 Å². The number of hydrogen-bond acceptors (Lipinski definition) is 5. The molecule has 2 rings (SSSR count). The number of ether oxygens (including phenoxy) is 2. The van der Waals surface area contributed by atoms with Crippen molar-refractivity contribution in [2.75, 3.05) is 7.11 Å². The maximum absolute atomic E-state index is 12.0. The minimum absolute atomic E-state index is 0.0531. The minimum Gasteiger partial charge on any atom is -0.497 e. The number of pyridine rings is 1. The molecule has 0 aliphatic carbocycles. The van der Waals surface area contributed by atoms with Crippen LogP contribution in [0, 0.1) is 0 Å². The summed E-state index contributed by atoms with van der Waals surface area (Å²) >= 11 is 5.79. The average molecular weight is 349 g/mol. The third-order valence-corrected chi connectivity index (χ3v) is 3.45. The molecule has 0 fully saturated rings. The highest BCUT2D eigenvalue weighted by atomic mass is 35.5. The van der Waals surface area contributed by atoms with E-state index in [0.717, 1.165) is 11.3 Å². The summed E-state index contributed by atoms with van der Waals surface area (Å²) in [5.41, 5.74) is 0.955. The van der Waals surface area contributed by atoms with Crippen molar-refractivity contribution in [1.29, 1.82) is 0 Å². The quantitative estimate of drug-likeness (QED) is 0.812. The summed E-state index contributed by atoms with van der Waals surface area (Å²) in [7, 11) is 1.58. The summed E-state index contributed by atoms with van der Waals surface area (Å²) in [6.07, 6.45) is 0.449. The van der Waals surface area contributed by atoms with Gasteiger partial charge in [-0.15, -0.1) is 0 Å². The normalized spacial score (nSPS) is 11.5. The van der Waals surface area contributed by atoms with Gasteiger partial charge in [-0.1, -0.05) is 23.7 Å². The Bertz CT molecular complexity index is 719. The Balaban J connectivity index is 1.86. The van der Waals surface area contributed by atoms with E-state index in [1.807, 2.05) is 12.1 Å². The van der Waals surface area contributed by atoms with Crippen LogP contribution in [0.5, 0.6) is 5.75 Å². The number of hydrogen-bond donors (Lipinski definition) is 1. The Morgan fingerprint density at radius 3 is 2.58 bits per heavy atom. The molecule has 1 heterocycles. The van der Waals surface area contributed by atoms with Crippen molar-refractivity contribution in [3.8, 4) is 5.75 Å². The van der Waals surface area contributed by atoms with E-state index in [1.165, 1.54) is 19.2 Å². The fraction of sp³-hybridized carbons (Fsp3) is 0.235. The lowest BCUT2D eigenvalue weighted by molar-refractivity contribution is -0.129. The second kappa shape index (κ2) is 8.31. The van der Waals surface area contributed by atoms with E-state index >= 15 is 0 Å². The third kappa shape index (κ3) is 4.96.